The van der Waals surface area contributed by atoms with E-state index < -0.39 is 0 Å². The molecule has 23 heavy (non-hydrogen) atoms. The number of benzene rings is 2. The summed E-state index contributed by atoms with van der Waals surface area (Å²) in [5.74, 6) is 0. The van der Waals surface area contributed by atoms with Crippen LogP contribution in [-0.2, 0) is 6.42 Å². The van der Waals surface area contributed by atoms with Gasteiger partial charge in [0.1, 0.15) is 0 Å². The lowest BCUT2D eigenvalue weighted by atomic mass is 9.96. The van der Waals surface area contributed by atoms with Gasteiger partial charge in [0.2, 0.25) is 0 Å². The Labute approximate surface area is 140 Å². The fourth-order valence-electron chi connectivity index (χ4n) is 3.41. The van der Waals surface area contributed by atoms with Gasteiger partial charge in [-0.2, -0.15) is 0 Å². The minimum absolute atomic E-state index is 0.462. The second-order valence-electron chi connectivity index (χ2n) is 6.24. The van der Waals surface area contributed by atoms with Gasteiger partial charge in [-0.1, -0.05) is 66.7 Å². The lowest BCUT2D eigenvalue weighted by Gasteiger charge is -2.39. The Hall–Kier alpha value is -1.90. The molecule has 1 aliphatic rings. The quantitative estimate of drug-likeness (QED) is 0.750. The smallest absolute Gasteiger partial charge is 0.0389 e. The molecule has 0 saturated carbocycles. The molecule has 2 aromatic carbocycles. The molecule has 2 heteroatoms. The predicted molar refractivity (Wildman–Crippen MR) is 97.5 cm³/mol. The molecule has 1 aliphatic heterocycles. The molecule has 0 unspecified atom stereocenters. The van der Waals surface area contributed by atoms with E-state index in [-0.39, 0.29) is 0 Å². The minimum Gasteiger partial charge on any atom is -0.297 e. The maximum atomic E-state index is 3.86. The van der Waals surface area contributed by atoms with Crippen LogP contribution in [0.2, 0.25) is 0 Å². The number of hydrogen-bond acceptors (Lipinski definition) is 2. The van der Waals surface area contributed by atoms with Gasteiger partial charge in [-0.3, -0.25) is 9.80 Å². The minimum atomic E-state index is 0.462. The van der Waals surface area contributed by atoms with Crippen LogP contribution in [0.1, 0.15) is 17.2 Å². The first-order valence-electron chi connectivity index (χ1n) is 8.53. The van der Waals surface area contributed by atoms with Crippen molar-refractivity contribution in [2.75, 3.05) is 32.7 Å². The van der Waals surface area contributed by atoms with E-state index in [4.69, 9.17) is 0 Å². The van der Waals surface area contributed by atoms with Crippen LogP contribution in [-0.4, -0.2) is 42.5 Å². The maximum Gasteiger partial charge on any atom is 0.0389 e. The molecule has 2 aromatic rings. The molecule has 0 N–H and O–H groups in total. The molecule has 1 atom stereocenters. The molecule has 0 amide bonds. The van der Waals surface area contributed by atoms with Crippen molar-refractivity contribution in [1.82, 2.24) is 9.80 Å². The lowest BCUT2D eigenvalue weighted by molar-refractivity contribution is 0.102. The third kappa shape index (κ3) is 4.31. The fraction of sp³-hybridized carbons (Fsp3) is 0.333. The Kier molecular flexibility index (Phi) is 5.62. The summed E-state index contributed by atoms with van der Waals surface area (Å²) < 4.78 is 0. The highest BCUT2D eigenvalue weighted by molar-refractivity contribution is 5.24. The molecule has 0 radical (unpaired) electrons. The Morgan fingerprint density at radius 3 is 2.09 bits per heavy atom. The van der Waals surface area contributed by atoms with Gasteiger partial charge in [0.25, 0.3) is 0 Å². The molecule has 0 aromatic heterocycles. The lowest BCUT2D eigenvalue weighted by Crippen LogP contribution is -2.47. The molecule has 0 aliphatic carbocycles. The van der Waals surface area contributed by atoms with Gasteiger partial charge in [-0.15, -0.1) is 6.58 Å². The third-order valence-corrected chi connectivity index (χ3v) is 4.69. The van der Waals surface area contributed by atoms with Gasteiger partial charge in [0, 0.05) is 38.8 Å². The molecule has 0 bridgehead atoms. The fourth-order valence-corrected chi connectivity index (χ4v) is 3.41. The van der Waals surface area contributed by atoms with E-state index in [2.05, 4.69) is 77.0 Å². The molecule has 2 nitrogen and oxygen atoms in total. The largest absolute Gasteiger partial charge is 0.297 e. The molecule has 120 valence electrons. The van der Waals surface area contributed by atoms with Gasteiger partial charge in [0.05, 0.1) is 0 Å². The van der Waals surface area contributed by atoms with Gasteiger partial charge in [-0.25, -0.2) is 0 Å². The first-order valence-corrected chi connectivity index (χ1v) is 8.53. The second-order valence-corrected chi connectivity index (χ2v) is 6.24. The SMILES string of the molecule is C=CCN1CCN([C@H](Cc2ccccc2)c2ccccc2)CC1. The standard InChI is InChI=1S/C21H26N2/c1-2-13-22-14-16-23(17-15-22)21(20-11-7-4-8-12-20)18-19-9-5-3-6-10-19/h2-12,21H,1,13-18H2/t21-/m1/s1. The van der Waals surface area contributed by atoms with Gasteiger partial charge in [-0.05, 0) is 17.5 Å². The molecule has 1 fully saturated rings. The molecular formula is C21H26N2. The monoisotopic (exact) mass is 306 g/mol. The summed E-state index contributed by atoms with van der Waals surface area (Å²) in [4.78, 5) is 5.12. The average molecular weight is 306 g/mol. The highest BCUT2D eigenvalue weighted by Gasteiger charge is 2.24. The molecule has 1 heterocycles. The zero-order valence-electron chi connectivity index (χ0n) is 13.8. The van der Waals surface area contributed by atoms with E-state index in [0.29, 0.717) is 6.04 Å². The molecule has 1 saturated heterocycles. The number of piperazine rings is 1. The van der Waals surface area contributed by atoms with Crippen LogP contribution in [0.5, 0.6) is 0 Å². The topological polar surface area (TPSA) is 6.48 Å². The molecule has 0 spiro atoms. The van der Waals surface area contributed by atoms with Crippen molar-refractivity contribution in [1.29, 1.82) is 0 Å². The number of rotatable bonds is 6. The van der Waals surface area contributed by atoms with Gasteiger partial charge < -0.3 is 0 Å². The summed E-state index contributed by atoms with van der Waals surface area (Å²) >= 11 is 0. The Morgan fingerprint density at radius 1 is 0.870 bits per heavy atom. The number of nitrogens with zero attached hydrogens (tertiary/aromatic N) is 2. The van der Waals surface area contributed by atoms with Crippen molar-refractivity contribution >= 4 is 0 Å². The average Bonchev–Trinajstić information content (AvgIpc) is 2.62. The van der Waals surface area contributed by atoms with Crippen molar-refractivity contribution in [2.45, 2.75) is 12.5 Å². The normalized spacial score (nSPS) is 17.7. The second kappa shape index (κ2) is 8.09. The van der Waals surface area contributed by atoms with Crippen molar-refractivity contribution in [3.8, 4) is 0 Å². The van der Waals surface area contributed by atoms with Crippen LogP contribution >= 0.6 is 0 Å². The summed E-state index contributed by atoms with van der Waals surface area (Å²) in [6.45, 7) is 9.37. The Balaban J connectivity index is 1.75. The van der Waals surface area contributed by atoms with Crippen LogP contribution in [0, 0.1) is 0 Å². The van der Waals surface area contributed by atoms with Crippen molar-refractivity contribution < 1.29 is 0 Å². The maximum absolute atomic E-state index is 3.86. The third-order valence-electron chi connectivity index (χ3n) is 4.69. The van der Waals surface area contributed by atoms with Crippen LogP contribution in [0.4, 0.5) is 0 Å². The summed E-state index contributed by atoms with van der Waals surface area (Å²) in [6.07, 6.45) is 3.08. The highest BCUT2D eigenvalue weighted by atomic mass is 15.3. The van der Waals surface area contributed by atoms with Crippen LogP contribution in [0.25, 0.3) is 0 Å². The van der Waals surface area contributed by atoms with Crippen molar-refractivity contribution in [2.24, 2.45) is 0 Å². The van der Waals surface area contributed by atoms with E-state index in [1.807, 2.05) is 6.08 Å². The van der Waals surface area contributed by atoms with Gasteiger partial charge in [0.15, 0.2) is 0 Å². The first kappa shape index (κ1) is 16.0. The zero-order valence-corrected chi connectivity index (χ0v) is 13.8. The van der Waals surface area contributed by atoms with Crippen molar-refractivity contribution in [3.63, 3.8) is 0 Å². The van der Waals surface area contributed by atoms with E-state index >= 15 is 0 Å². The zero-order chi connectivity index (χ0) is 15.9. The van der Waals surface area contributed by atoms with E-state index in [0.717, 1.165) is 39.1 Å². The number of hydrogen-bond donors (Lipinski definition) is 0. The van der Waals surface area contributed by atoms with Crippen LogP contribution < -0.4 is 0 Å². The van der Waals surface area contributed by atoms with E-state index in [1.165, 1.54) is 11.1 Å². The van der Waals surface area contributed by atoms with Crippen LogP contribution in [0.3, 0.4) is 0 Å². The van der Waals surface area contributed by atoms with E-state index in [9.17, 15) is 0 Å². The first-order chi connectivity index (χ1) is 11.4. The highest BCUT2D eigenvalue weighted by Crippen LogP contribution is 2.26. The molecular weight excluding hydrogens is 280 g/mol. The summed E-state index contributed by atoms with van der Waals surface area (Å²) in [7, 11) is 0. The molecule has 3 rings (SSSR count). The summed E-state index contributed by atoms with van der Waals surface area (Å²) in [5, 5.41) is 0. The summed E-state index contributed by atoms with van der Waals surface area (Å²) in [6, 6.07) is 22.3. The van der Waals surface area contributed by atoms with E-state index in [1.54, 1.807) is 0 Å². The Morgan fingerprint density at radius 2 is 1.48 bits per heavy atom. The Bertz CT molecular complexity index is 586. The van der Waals surface area contributed by atoms with Crippen molar-refractivity contribution in [3.05, 3.63) is 84.4 Å². The van der Waals surface area contributed by atoms with Gasteiger partial charge >= 0.3 is 0 Å². The summed E-state index contributed by atoms with van der Waals surface area (Å²) in [5.41, 5.74) is 2.84. The predicted octanol–water partition coefficient (Wildman–Crippen LogP) is 3.77. The van der Waals surface area contributed by atoms with Crippen LogP contribution in [0.15, 0.2) is 73.3 Å².